The first-order chi connectivity index (χ1) is 18.1. The minimum atomic E-state index is -4.07. The van der Waals surface area contributed by atoms with Crippen molar-refractivity contribution in [2.45, 2.75) is 9.79 Å². The first-order valence-corrected chi connectivity index (χ1v) is 16.6. The van der Waals surface area contributed by atoms with E-state index in [0.29, 0.717) is 21.2 Å². The Balaban J connectivity index is 1.76. The van der Waals surface area contributed by atoms with Crippen molar-refractivity contribution in [2.24, 2.45) is 8.80 Å². The predicted molar refractivity (Wildman–Crippen MR) is 158 cm³/mol. The zero-order chi connectivity index (χ0) is 27.2. The lowest BCUT2D eigenvalue weighted by molar-refractivity contribution is 0.596. The maximum absolute atomic E-state index is 13.1. The van der Waals surface area contributed by atoms with Gasteiger partial charge in [0.1, 0.15) is 10.1 Å². The van der Waals surface area contributed by atoms with Crippen molar-refractivity contribution >= 4 is 74.9 Å². The van der Waals surface area contributed by atoms with Crippen LogP contribution in [0.1, 0.15) is 11.1 Å². The molecule has 0 saturated heterocycles. The number of nitrogens with zero attached hydrogens (tertiary/aromatic N) is 2. The van der Waals surface area contributed by atoms with E-state index in [2.05, 4.69) is 8.80 Å². The van der Waals surface area contributed by atoms with Crippen LogP contribution in [0, 0.1) is 0 Å². The maximum atomic E-state index is 13.1. The van der Waals surface area contributed by atoms with Crippen molar-refractivity contribution in [1.82, 2.24) is 0 Å². The van der Waals surface area contributed by atoms with Crippen LogP contribution in [-0.4, -0.2) is 26.9 Å². The molecule has 0 bridgehead atoms. The highest BCUT2D eigenvalue weighted by atomic mass is 35.5. The largest absolute Gasteiger partial charge is 0.283 e. The Bertz CT molecular complexity index is 1550. The molecule has 0 aliphatic heterocycles. The summed E-state index contributed by atoms with van der Waals surface area (Å²) >= 11 is 12.1. The second-order valence-corrected chi connectivity index (χ2v) is 13.7. The van der Waals surface area contributed by atoms with Gasteiger partial charge in [-0.25, -0.2) is 0 Å². The first-order valence-electron chi connectivity index (χ1n) is 10.8. The molecule has 0 fully saturated rings. The van der Waals surface area contributed by atoms with E-state index in [-0.39, 0.29) is 19.9 Å². The summed E-state index contributed by atoms with van der Waals surface area (Å²) in [6.45, 7) is 0. The Morgan fingerprint density at radius 2 is 0.816 bits per heavy atom. The summed E-state index contributed by atoms with van der Waals surface area (Å²) in [4.78, 5) is 0.0469. The fourth-order valence-corrected chi connectivity index (χ4v) is 8.17. The zero-order valence-corrected chi connectivity index (χ0v) is 24.1. The second-order valence-electron chi connectivity index (χ2n) is 7.55. The van der Waals surface area contributed by atoms with Crippen molar-refractivity contribution in [3.63, 3.8) is 0 Å². The molecule has 0 atom stereocenters. The predicted octanol–water partition coefficient (Wildman–Crippen LogP) is 7.35. The van der Waals surface area contributed by atoms with Crippen LogP contribution in [0.4, 0.5) is 0 Å². The highest BCUT2D eigenvalue weighted by molar-refractivity contribution is 8.87. The molecule has 38 heavy (non-hydrogen) atoms. The van der Waals surface area contributed by atoms with E-state index in [9.17, 15) is 16.8 Å². The lowest BCUT2D eigenvalue weighted by atomic mass is 10.2. The van der Waals surface area contributed by atoms with Crippen molar-refractivity contribution < 1.29 is 16.8 Å². The third-order valence-corrected chi connectivity index (χ3v) is 10.4. The molecule has 4 aromatic carbocycles. The van der Waals surface area contributed by atoms with Crippen LogP contribution < -0.4 is 0 Å². The molecule has 0 aromatic heterocycles. The van der Waals surface area contributed by atoms with Crippen molar-refractivity contribution in [3.05, 3.63) is 130 Å². The van der Waals surface area contributed by atoms with Crippen LogP contribution in [0.2, 0.25) is 10.0 Å². The third kappa shape index (κ3) is 7.49. The summed E-state index contributed by atoms with van der Waals surface area (Å²) in [6, 6.07) is 28.6. The standard InChI is InChI=1S/C26H18Cl2N2O4S4/c27-21-15-11-19(12-16-21)25(29-37(31,32)23-7-3-1-4-8-23)35-36-26(20-13-17-22(28)18-14-20)30-38(33,34)24-9-5-2-6-10-24/h1-18H/b29-25+,30-26+. The van der Waals surface area contributed by atoms with Crippen LogP contribution in [0.15, 0.2) is 128 Å². The minimum Gasteiger partial charge on any atom is -0.199 e. The fourth-order valence-electron chi connectivity index (χ4n) is 3.00. The van der Waals surface area contributed by atoms with Gasteiger partial charge >= 0.3 is 0 Å². The molecule has 0 aliphatic rings. The molecule has 12 heteroatoms. The van der Waals surface area contributed by atoms with Gasteiger partial charge in [0.2, 0.25) is 0 Å². The molecule has 0 radical (unpaired) electrons. The average Bonchev–Trinajstić information content (AvgIpc) is 2.92. The van der Waals surface area contributed by atoms with Gasteiger partial charge < -0.3 is 0 Å². The van der Waals surface area contributed by atoms with Gasteiger partial charge in [0.05, 0.1) is 9.79 Å². The van der Waals surface area contributed by atoms with Gasteiger partial charge in [0.25, 0.3) is 20.0 Å². The summed E-state index contributed by atoms with van der Waals surface area (Å²) in [5.74, 6) is 0. The highest BCUT2D eigenvalue weighted by Crippen LogP contribution is 2.34. The number of sulfonamides is 2. The molecule has 0 N–H and O–H groups in total. The second kappa shape index (κ2) is 12.5. The Morgan fingerprint density at radius 1 is 0.500 bits per heavy atom. The zero-order valence-electron chi connectivity index (χ0n) is 19.3. The summed E-state index contributed by atoms with van der Waals surface area (Å²) in [5.41, 5.74) is 0.959. The molecule has 6 nitrogen and oxygen atoms in total. The van der Waals surface area contributed by atoms with E-state index < -0.39 is 20.0 Å². The van der Waals surface area contributed by atoms with E-state index in [1.54, 1.807) is 84.9 Å². The highest BCUT2D eigenvalue weighted by Gasteiger charge is 2.20. The third-order valence-electron chi connectivity index (χ3n) is 4.87. The Hall–Kier alpha value is -2.60. The number of halogens is 2. The molecular weight excluding hydrogens is 603 g/mol. The van der Waals surface area contributed by atoms with Crippen molar-refractivity contribution in [1.29, 1.82) is 0 Å². The average molecular weight is 622 g/mol. The Morgan fingerprint density at radius 3 is 1.13 bits per heavy atom. The Labute approximate surface area is 239 Å². The quantitative estimate of drug-likeness (QED) is 0.127. The van der Waals surface area contributed by atoms with Crippen molar-refractivity contribution in [2.75, 3.05) is 0 Å². The summed E-state index contributed by atoms with van der Waals surface area (Å²) in [5, 5.41) is 1.17. The molecule has 194 valence electrons. The molecule has 0 unspecified atom stereocenters. The number of benzene rings is 4. The monoisotopic (exact) mass is 620 g/mol. The molecule has 0 saturated carbocycles. The smallest absolute Gasteiger partial charge is 0.199 e. The van der Waals surface area contributed by atoms with Crippen LogP contribution in [0.3, 0.4) is 0 Å². The number of hydrogen-bond acceptors (Lipinski definition) is 6. The van der Waals surface area contributed by atoms with E-state index in [0.717, 1.165) is 21.6 Å². The lowest BCUT2D eigenvalue weighted by Crippen LogP contribution is -2.05. The Kier molecular flexibility index (Phi) is 9.35. The van der Waals surface area contributed by atoms with E-state index >= 15 is 0 Å². The van der Waals surface area contributed by atoms with E-state index in [1.807, 2.05) is 0 Å². The summed E-state index contributed by atoms with van der Waals surface area (Å²) < 4.78 is 60.4. The minimum absolute atomic E-state index is 0.0234. The van der Waals surface area contributed by atoms with Gasteiger partial charge in [-0.1, -0.05) is 83.9 Å². The van der Waals surface area contributed by atoms with Gasteiger partial charge in [0, 0.05) is 21.2 Å². The van der Waals surface area contributed by atoms with Crippen LogP contribution in [0.25, 0.3) is 0 Å². The van der Waals surface area contributed by atoms with Gasteiger partial charge in [-0.05, 0) is 70.1 Å². The van der Waals surface area contributed by atoms with Crippen LogP contribution >= 0.6 is 44.8 Å². The van der Waals surface area contributed by atoms with E-state index in [1.165, 1.54) is 24.3 Å². The molecule has 0 spiro atoms. The van der Waals surface area contributed by atoms with E-state index in [4.69, 9.17) is 23.2 Å². The first kappa shape index (κ1) is 28.4. The van der Waals surface area contributed by atoms with Gasteiger partial charge in [-0.2, -0.15) is 25.6 Å². The summed E-state index contributed by atoms with van der Waals surface area (Å²) in [7, 11) is -6.22. The molecule has 0 amide bonds. The number of rotatable bonds is 6. The maximum Gasteiger partial charge on any atom is 0.283 e. The molecular formula is C26H18Cl2N2O4S4. The fraction of sp³-hybridized carbons (Fsp3) is 0. The van der Waals surface area contributed by atoms with Gasteiger partial charge in [-0.3, -0.25) is 0 Å². The SMILES string of the molecule is O=S(=O)(/N=C(/SS/C(=N/S(=O)(=O)c1ccccc1)c1ccc(Cl)cc1)c1ccc(Cl)cc1)c1ccccc1. The molecule has 4 aromatic rings. The molecule has 0 heterocycles. The summed E-state index contributed by atoms with van der Waals surface area (Å²) in [6.07, 6.45) is 0. The molecule has 4 rings (SSSR count). The van der Waals surface area contributed by atoms with Crippen molar-refractivity contribution in [3.8, 4) is 0 Å². The van der Waals surface area contributed by atoms with Gasteiger partial charge in [0.15, 0.2) is 0 Å². The lowest BCUT2D eigenvalue weighted by Gasteiger charge is -2.10. The van der Waals surface area contributed by atoms with Gasteiger partial charge in [-0.15, -0.1) is 0 Å². The molecule has 0 aliphatic carbocycles. The van der Waals surface area contributed by atoms with Crippen LogP contribution in [-0.2, 0) is 20.0 Å². The number of hydrogen-bond donors (Lipinski definition) is 0. The topological polar surface area (TPSA) is 93.0 Å². The van der Waals surface area contributed by atoms with Crippen LogP contribution in [0.5, 0.6) is 0 Å². The normalized spacial score (nSPS) is 12.9.